The van der Waals surface area contributed by atoms with Gasteiger partial charge in [0, 0.05) is 17.6 Å². The van der Waals surface area contributed by atoms with E-state index in [1.807, 2.05) is 19.1 Å². The Morgan fingerprint density at radius 2 is 1.90 bits per heavy atom. The van der Waals surface area contributed by atoms with Gasteiger partial charge in [-0.25, -0.2) is 0 Å². The van der Waals surface area contributed by atoms with Gasteiger partial charge in [0.1, 0.15) is 6.61 Å². The highest BCUT2D eigenvalue weighted by Crippen LogP contribution is 2.31. The number of ether oxygens (including phenoxy) is 2. The number of hydrogen-bond acceptors (Lipinski definition) is 3. The van der Waals surface area contributed by atoms with Crippen molar-refractivity contribution >= 4 is 0 Å². The van der Waals surface area contributed by atoms with Gasteiger partial charge < -0.3 is 14.8 Å². The van der Waals surface area contributed by atoms with Crippen molar-refractivity contribution in [2.24, 2.45) is 0 Å². The monoisotopic (exact) mass is 291 g/mol. The lowest BCUT2D eigenvalue weighted by Gasteiger charge is -2.22. The summed E-state index contributed by atoms with van der Waals surface area (Å²) in [5, 5.41) is 3.50. The van der Waals surface area contributed by atoms with E-state index < -0.39 is 0 Å². The Morgan fingerprint density at radius 1 is 1.19 bits per heavy atom. The molecule has 1 aromatic rings. The fraction of sp³-hybridized carbons (Fsp3) is 0.556. The fourth-order valence-corrected chi connectivity index (χ4v) is 1.79. The van der Waals surface area contributed by atoms with E-state index in [1.54, 1.807) is 0 Å². The fourth-order valence-electron chi connectivity index (χ4n) is 1.79. The molecule has 0 aliphatic heterocycles. The van der Waals surface area contributed by atoms with Crippen LogP contribution in [0.4, 0.5) is 0 Å². The molecule has 0 aliphatic rings. The van der Waals surface area contributed by atoms with Crippen LogP contribution in [0, 0.1) is 0 Å². The first kappa shape index (κ1) is 17.6. The number of hydrogen-bond donors (Lipinski definition) is 1. The van der Waals surface area contributed by atoms with Crippen LogP contribution in [0.15, 0.2) is 29.8 Å². The van der Waals surface area contributed by atoms with E-state index in [4.69, 9.17) is 9.47 Å². The molecule has 118 valence electrons. The maximum atomic E-state index is 5.96. The number of allylic oxidation sites excluding steroid dienone is 1. The molecule has 0 bridgehead atoms. The zero-order chi connectivity index (χ0) is 15.9. The minimum absolute atomic E-state index is 0.0683. The van der Waals surface area contributed by atoms with Gasteiger partial charge in [0.2, 0.25) is 0 Å². The van der Waals surface area contributed by atoms with Crippen LogP contribution in [0.3, 0.4) is 0 Å². The lowest BCUT2D eigenvalue weighted by molar-refractivity contribution is 0.292. The molecule has 0 aliphatic carbocycles. The van der Waals surface area contributed by atoms with Crippen molar-refractivity contribution in [3.05, 3.63) is 35.4 Å². The summed E-state index contributed by atoms with van der Waals surface area (Å²) in [6.07, 6.45) is 2.07. The summed E-state index contributed by atoms with van der Waals surface area (Å²) >= 11 is 0. The highest BCUT2D eigenvalue weighted by molar-refractivity contribution is 5.46. The Kier molecular flexibility index (Phi) is 6.76. The molecule has 21 heavy (non-hydrogen) atoms. The predicted molar refractivity (Wildman–Crippen MR) is 89.1 cm³/mol. The van der Waals surface area contributed by atoms with Crippen molar-refractivity contribution < 1.29 is 9.47 Å². The van der Waals surface area contributed by atoms with Gasteiger partial charge in [0.25, 0.3) is 0 Å². The summed E-state index contributed by atoms with van der Waals surface area (Å²) in [6, 6.07) is 6.06. The molecule has 0 aromatic heterocycles. The Hall–Kier alpha value is -1.48. The van der Waals surface area contributed by atoms with Crippen LogP contribution in [-0.2, 0) is 6.54 Å². The second kappa shape index (κ2) is 8.08. The van der Waals surface area contributed by atoms with E-state index in [0.717, 1.165) is 23.6 Å². The molecule has 3 heteroatoms. The van der Waals surface area contributed by atoms with E-state index >= 15 is 0 Å². The molecular formula is C18H29NO2. The van der Waals surface area contributed by atoms with E-state index in [0.29, 0.717) is 13.2 Å². The van der Waals surface area contributed by atoms with Crippen molar-refractivity contribution in [3.63, 3.8) is 0 Å². The van der Waals surface area contributed by atoms with Crippen molar-refractivity contribution in [2.75, 3.05) is 13.2 Å². The largest absolute Gasteiger partial charge is 0.490 e. The van der Waals surface area contributed by atoms with E-state index in [9.17, 15) is 0 Å². The number of para-hydroxylation sites is 1. The Morgan fingerprint density at radius 3 is 2.48 bits per heavy atom. The second-order valence-electron chi connectivity index (χ2n) is 6.37. The lowest BCUT2D eigenvalue weighted by atomic mass is 10.1. The van der Waals surface area contributed by atoms with Gasteiger partial charge in [-0.15, -0.1) is 0 Å². The zero-order valence-corrected chi connectivity index (χ0v) is 14.2. The molecule has 0 saturated heterocycles. The van der Waals surface area contributed by atoms with Crippen molar-refractivity contribution in [1.82, 2.24) is 5.32 Å². The van der Waals surface area contributed by atoms with Crippen LogP contribution in [-0.4, -0.2) is 18.8 Å². The third-order valence-electron chi connectivity index (χ3n) is 2.89. The summed E-state index contributed by atoms with van der Waals surface area (Å²) in [5.41, 5.74) is 2.44. The highest BCUT2D eigenvalue weighted by Gasteiger charge is 2.14. The quantitative estimate of drug-likeness (QED) is 0.759. The molecule has 0 heterocycles. The molecule has 1 aromatic carbocycles. The zero-order valence-electron chi connectivity index (χ0n) is 14.2. The summed E-state index contributed by atoms with van der Waals surface area (Å²) in [4.78, 5) is 0. The van der Waals surface area contributed by atoms with E-state index in [2.05, 4.69) is 52.1 Å². The molecule has 0 fully saturated rings. The molecule has 0 saturated carbocycles. The van der Waals surface area contributed by atoms with Gasteiger partial charge in [-0.1, -0.05) is 17.7 Å². The van der Waals surface area contributed by atoms with Gasteiger partial charge in [-0.2, -0.15) is 0 Å². The normalized spacial score (nSPS) is 11.1. The Bertz CT molecular complexity index is 469. The van der Waals surface area contributed by atoms with Crippen LogP contribution >= 0.6 is 0 Å². The van der Waals surface area contributed by atoms with Gasteiger partial charge >= 0.3 is 0 Å². The molecule has 0 spiro atoms. The predicted octanol–water partition coefficient (Wildman–Crippen LogP) is 4.32. The summed E-state index contributed by atoms with van der Waals surface area (Å²) in [7, 11) is 0. The summed E-state index contributed by atoms with van der Waals surface area (Å²) < 4.78 is 11.6. The van der Waals surface area contributed by atoms with E-state index in [-0.39, 0.29) is 5.54 Å². The average molecular weight is 291 g/mol. The van der Waals surface area contributed by atoms with Crippen LogP contribution in [0.1, 0.15) is 47.1 Å². The van der Waals surface area contributed by atoms with Crippen molar-refractivity contribution in [1.29, 1.82) is 0 Å². The molecule has 0 amide bonds. The SMILES string of the molecule is CCOc1cccc(CNC(C)(C)C)c1OCC=C(C)C. The molecule has 0 radical (unpaired) electrons. The van der Waals surface area contributed by atoms with Crippen LogP contribution in [0.5, 0.6) is 11.5 Å². The van der Waals surface area contributed by atoms with Gasteiger partial charge in [0.05, 0.1) is 6.61 Å². The molecule has 1 N–H and O–H groups in total. The topological polar surface area (TPSA) is 30.5 Å². The smallest absolute Gasteiger partial charge is 0.166 e. The Balaban J connectivity index is 2.93. The first-order valence-electron chi connectivity index (χ1n) is 7.59. The first-order valence-corrected chi connectivity index (χ1v) is 7.59. The molecule has 3 nitrogen and oxygen atoms in total. The van der Waals surface area contributed by atoms with Gasteiger partial charge in [-0.05, 0) is 53.7 Å². The third-order valence-corrected chi connectivity index (χ3v) is 2.89. The minimum atomic E-state index is 0.0683. The third kappa shape index (κ3) is 6.67. The summed E-state index contributed by atoms with van der Waals surface area (Å²) in [5.74, 6) is 1.65. The standard InChI is InChI=1S/C18H29NO2/c1-7-20-16-10-8-9-15(13-19-18(4,5)6)17(16)21-12-11-14(2)3/h8-11,19H,7,12-13H2,1-6H3. The molecule has 1 rings (SSSR count). The maximum Gasteiger partial charge on any atom is 0.166 e. The second-order valence-corrected chi connectivity index (χ2v) is 6.37. The van der Waals surface area contributed by atoms with E-state index in [1.165, 1.54) is 5.57 Å². The lowest BCUT2D eigenvalue weighted by Crippen LogP contribution is -2.35. The number of benzene rings is 1. The van der Waals surface area contributed by atoms with Gasteiger partial charge in [0.15, 0.2) is 11.5 Å². The Labute approximate surface area is 129 Å². The number of rotatable bonds is 7. The minimum Gasteiger partial charge on any atom is -0.490 e. The maximum absolute atomic E-state index is 5.96. The van der Waals surface area contributed by atoms with Crippen molar-refractivity contribution in [3.8, 4) is 11.5 Å². The van der Waals surface area contributed by atoms with Crippen LogP contribution < -0.4 is 14.8 Å². The van der Waals surface area contributed by atoms with Crippen molar-refractivity contribution in [2.45, 2.75) is 53.6 Å². The molecule has 0 unspecified atom stereocenters. The van der Waals surface area contributed by atoms with Crippen LogP contribution in [0.25, 0.3) is 0 Å². The molecule has 0 atom stereocenters. The van der Waals surface area contributed by atoms with Gasteiger partial charge in [-0.3, -0.25) is 0 Å². The molecular weight excluding hydrogens is 262 g/mol. The first-order chi connectivity index (χ1) is 9.83. The summed E-state index contributed by atoms with van der Waals surface area (Å²) in [6.45, 7) is 14.5. The average Bonchev–Trinajstić information content (AvgIpc) is 2.37. The van der Waals surface area contributed by atoms with Crippen LogP contribution in [0.2, 0.25) is 0 Å². The number of nitrogens with one attached hydrogen (secondary N) is 1. The highest BCUT2D eigenvalue weighted by atomic mass is 16.5.